The lowest BCUT2D eigenvalue weighted by Gasteiger charge is -2.04. The van der Waals surface area contributed by atoms with E-state index in [0.717, 1.165) is 15.6 Å². The molecule has 1 nitrogen and oxygen atoms in total. The van der Waals surface area contributed by atoms with E-state index in [1.807, 2.05) is 48.5 Å². The Labute approximate surface area is 123 Å². The molecule has 0 saturated heterocycles. The summed E-state index contributed by atoms with van der Waals surface area (Å²) in [6, 6.07) is 15.6. The second-order valence-electron chi connectivity index (χ2n) is 3.71. The molecule has 17 heavy (non-hydrogen) atoms. The van der Waals surface area contributed by atoms with Crippen molar-refractivity contribution in [1.29, 1.82) is 0 Å². The van der Waals surface area contributed by atoms with Gasteiger partial charge in [0.05, 0.1) is 0 Å². The molecule has 0 spiro atoms. The Morgan fingerprint density at radius 2 is 1.71 bits per heavy atom. The zero-order valence-corrected chi connectivity index (χ0v) is 12.7. The molecule has 2 rings (SSSR count). The Morgan fingerprint density at radius 1 is 1.06 bits per heavy atom. The van der Waals surface area contributed by atoms with E-state index >= 15 is 0 Å². The van der Waals surface area contributed by atoms with Gasteiger partial charge in [-0.05, 0) is 46.4 Å². The zero-order chi connectivity index (χ0) is 12.3. The molecule has 0 N–H and O–H groups in total. The van der Waals surface area contributed by atoms with Crippen molar-refractivity contribution in [1.82, 2.24) is 0 Å². The summed E-state index contributed by atoms with van der Waals surface area (Å²) in [4.78, 5) is 12.1. The molecule has 3 heteroatoms. The van der Waals surface area contributed by atoms with E-state index in [2.05, 4.69) is 38.5 Å². The third-order valence-corrected chi connectivity index (χ3v) is 3.86. The summed E-state index contributed by atoms with van der Waals surface area (Å²) in [5, 5.41) is 0. The third kappa shape index (κ3) is 3.39. The minimum Gasteiger partial charge on any atom is -0.294 e. The molecule has 0 fully saturated rings. The smallest absolute Gasteiger partial charge is 0.168 e. The average molecular weight is 401 g/mol. The lowest BCUT2D eigenvalue weighted by molar-refractivity contribution is 0.0992. The van der Waals surface area contributed by atoms with Crippen molar-refractivity contribution in [3.63, 3.8) is 0 Å². The van der Waals surface area contributed by atoms with Crippen molar-refractivity contribution in [3.8, 4) is 0 Å². The Kier molecular flexibility index (Phi) is 4.34. The van der Waals surface area contributed by atoms with E-state index in [0.29, 0.717) is 6.42 Å². The van der Waals surface area contributed by atoms with Crippen LogP contribution in [-0.2, 0) is 6.42 Å². The Hall–Kier alpha value is -0.680. The number of hydrogen-bond donors (Lipinski definition) is 0. The number of benzene rings is 2. The van der Waals surface area contributed by atoms with Gasteiger partial charge in [0.25, 0.3) is 0 Å². The summed E-state index contributed by atoms with van der Waals surface area (Å²) in [6.07, 6.45) is 0.444. The van der Waals surface area contributed by atoms with Crippen LogP contribution in [0.25, 0.3) is 0 Å². The topological polar surface area (TPSA) is 17.1 Å². The Morgan fingerprint density at radius 3 is 2.35 bits per heavy atom. The second-order valence-corrected chi connectivity index (χ2v) is 5.81. The number of hydrogen-bond acceptors (Lipinski definition) is 1. The van der Waals surface area contributed by atoms with Crippen molar-refractivity contribution < 1.29 is 4.79 Å². The number of Topliss-reactive ketones (excluding diaryl/α,β-unsaturated/α-hetero) is 1. The van der Waals surface area contributed by atoms with Crippen LogP contribution in [0.5, 0.6) is 0 Å². The van der Waals surface area contributed by atoms with Gasteiger partial charge in [0.1, 0.15) is 0 Å². The molecule has 0 bridgehead atoms. The fraction of sp³-hybridized carbons (Fsp3) is 0.0714. The van der Waals surface area contributed by atoms with Gasteiger partial charge < -0.3 is 0 Å². The molecule has 2 aromatic rings. The molecule has 0 heterocycles. The molecule has 0 aromatic heterocycles. The van der Waals surface area contributed by atoms with Gasteiger partial charge in [-0.3, -0.25) is 4.79 Å². The first kappa shape index (κ1) is 12.8. The highest BCUT2D eigenvalue weighted by Crippen LogP contribution is 2.18. The average Bonchev–Trinajstić information content (AvgIpc) is 2.32. The molecule has 0 aliphatic rings. The van der Waals surface area contributed by atoms with E-state index in [1.165, 1.54) is 3.57 Å². The van der Waals surface area contributed by atoms with Gasteiger partial charge in [0, 0.05) is 20.0 Å². The van der Waals surface area contributed by atoms with E-state index < -0.39 is 0 Å². The van der Waals surface area contributed by atoms with Gasteiger partial charge in [-0.25, -0.2) is 0 Å². The first-order chi connectivity index (χ1) is 8.16. The van der Waals surface area contributed by atoms with Gasteiger partial charge in [-0.15, -0.1) is 0 Å². The molecule has 0 aliphatic heterocycles. The van der Waals surface area contributed by atoms with Crippen molar-refractivity contribution in [2.75, 3.05) is 0 Å². The van der Waals surface area contributed by atoms with Crippen LogP contribution in [0.15, 0.2) is 53.0 Å². The van der Waals surface area contributed by atoms with Crippen LogP contribution >= 0.6 is 38.5 Å². The fourth-order valence-corrected chi connectivity index (χ4v) is 2.44. The van der Waals surface area contributed by atoms with Crippen LogP contribution in [0.3, 0.4) is 0 Å². The first-order valence-electron chi connectivity index (χ1n) is 5.19. The van der Waals surface area contributed by atoms with Crippen LogP contribution in [-0.4, -0.2) is 5.78 Å². The minimum absolute atomic E-state index is 0.138. The SMILES string of the molecule is O=C(Cc1ccc(I)cc1)c1ccccc1Br. The van der Waals surface area contributed by atoms with Crippen LogP contribution in [0.1, 0.15) is 15.9 Å². The largest absolute Gasteiger partial charge is 0.294 e. The van der Waals surface area contributed by atoms with Crippen LogP contribution in [0, 0.1) is 3.57 Å². The standard InChI is InChI=1S/C14H10BrIO/c15-13-4-2-1-3-12(13)14(17)9-10-5-7-11(16)8-6-10/h1-8H,9H2. The summed E-state index contributed by atoms with van der Waals surface area (Å²) in [7, 11) is 0. The molecular weight excluding hydrogens is 391 g/mol. The molecule has 0 saturated carbocycles. The summed E-state index contributed by atoms with van der Waals surface area (Å²) >= 11 is 5.65. The zero-order valence-electron chi connectivity index (χ0n) is 8.99. The van der Waals surface area contributed by atoms with Crippen LogP contribution in [0.2, 0.25) is 0 Å². The van der Waals surface area contributed by atoms with E-state index in [-0.39, 0.29) is 5.78 Å². The fourth-order valence-electron chi connectivity index (χ4n) is 1.57. The number of carbonyl (C=O) groups is 1. The molecule has 2 aromatic carbocycles. The minimum atomic E-state index is 0.138. The number of ketones is 1. The van der Waals surface area contributed by atoms with Gasteiger partial charge in [0.2, 0.25) is 0 Å². The van der Waals surface area contributed by atoms with E-state index in [4.69, 9.17) is 0 Å². The summed E-state index contributed by atoms with van der Waals surface area (Å²) < 4.78 is 2.04. The van der Waals surface area contributed by atoms with Crippen molar-refractivity contribution >= 4 is 44.3 Å². The number of rotatable bonds is 3. The second kappa shape index (κ2) is 5.78. The maximum absolute atomic E-state index is 12.1. The highest BCUT2D eigenvalue weighted by molar-refractivity contribution is 14.1. The van der Waals surface area contributed by atoms with E-state index in [1.54, 1.807) is 0 Å². The molecular formula is C14H10BrIO. The lowest BCUT2D eigenvalue weighted by Crippen LogP contribution is -2.04. The van der Waals surface area contributed by atoms with Crippen molar-refractivity contribution in [2.45, 2.75) is 6.42 Å². The molecule has 0 atom stereocenters. The van der Waals surface area contributed by atoms with Crippen LogP contribution < -0.4 is 0 Å². The number of carbonyl (C=O) groups excluding carboxylic acids is 1. The Bertz CT molecular complexity index is 534. The molecule has 0 aliphatic carbocycles. The van der Waals surface area contributed by atoms with Gasteiger partial charge in [-0.1, -0.05) is 46.3 Å². The highest BCUT2D eigenvalue weighted by atomic mass is 127. The Balaban J connectivity index is 2.17. The molecule has 0 radical (unpaired) electrons. The predicted molar refractivity (Wildman–Crippen MR) is 81.3 cm³/mol. The monoisotopic (exact) mass is 400 g/mol. The normalized spacial score (nSPS) is 10.2. The quantitative estimate of drug-likeness (QED) is 0.548. The predicted octanol–water partition coefficient (Wildman–Crippen LogP) is 4.48. The maximum Gasteiger partial charge on any atom is 0.168 e. The lowest BCUT2D eigenvalue weighted by atomic mass is 10.0. The summed E-state index contributed by atoms with van der Waals surface area (Å²) in [6.45, 7) is 0. The van der Waals surface area contributed by atoms with Gasteiger partial charge in [-0.2, -0.15) is 0 Å². The summed E-state index contributed by atoms with van der Waals surface area (Å²) in [5.41, 5.74) is 1.79. The summed E-state index contributed by atoms with van der Waals surface area (Å²) in [5.74, 6) is 0.138. The van der Waals surface area contributed by atoms with Gasteiger partial charge >= 0.3 is 0 Å². The number of halogens is 2. The highest BCUT2D eigenvalue weighted by Gasteiger charge is 2.09. The third-order valence-electron chi connectivity index (χ3n) is 2.45. The first-order valence-corrected chi connectivity index (χ1v) is 7.06. The van der Waals surface area contributed by atoms with E-state index in [9.17, 15) is 4.79 Å². The molecule has 86 valence electrons. The van der Waals surface area contributed by atoms with Gasteiger partial charge in [0.15, 0.2) is 5.78 Å². The molecule has 0 unspecified atom stereocenters. The van der Waals surface area contributed by atoms with Crippen molar-refractivity contribution in [2.24, 2.45) is 0 Å². The maximum atomic E-state index is 12.1. The van der Waals surface area contributed by atoms with Crippen LogP contribution in [0.4, 0.5) is 0 Å². The molecule has 0 amide bonds. The van der Waals surface area contributed by atoms with Crippen molar-refractivity contribution in [3.05, 3.63) is 67.7 Å².